The minimum atomic E-state index is 0.105. The predicted octanol–water partition coefficient (Wildman–Crippen LogP) is 1.95. The number of piperidine rings is 1. The van der Waals surface area contributed by atoms with E-state index in [2.05, 4.69) is 40.0 Å². The third kappa shape index (κ3) is 4.70. The molecular weight excluding hydrogens is 314 g/mol. The van der Waals surface area contributed by atoms with Crippen molar-refractivity contribution in [3.8, 4) is 0 Å². The predicted molar refractivity (Wildman–Crippen MR) is 99.5 cm³/mol. The van der Waals surface area contributed by atoms with Crippen molar-refractivity contribution >= 4 is 6.03 Å². The van der Waals surface area contributed by atoms with Gasteiger partial charge in [0, 0.05) is 51.0 Å². The van der Waals surface area contributed by atoms with E-state index in [0.717, 1.165) is 57.9 Å². The summed E-state index contributed by atoms with van der Waals surface area (Å²) in [4.78, 5) is 23.8. The molecule has 1 aromatic heterocycles. The van der Waals surface area contributed by atoms with Crippen molar-refractivity contribution in [3.05, 3.63) is 30.1 Å². The van der Waals surface area contributed by atoms with Crippen molar-refractivity contribution in [2.75, 3.05) is 45.8 Å². The Kier molecular flexibility index (Phi) is 6.26. The van der Waals surface area contributed by atoms with E-state index in [1.54, 1.807) is 0 Å². The maximum atomic E-state index is 12.6. The standard InChI is InChI=1S/C19H31N5O/c1-3-22-10-6-7-17(15-22)21-19(25)24-13-11-23(12-14-24)16(2)18-8-4-5-9-20-18/h4-5,8-9,16-17H,3,6-7,10-15H2,1-2H3,(H,21,25)/t16-,17+/m0/s1. The average molecular weight is 345 g/mol. The lowest BCUT2D eigenvalue weighted by Gasteiger charge is -2.39. The van der Waals surface area contributed by atoms with Gasteiger partial charge in [-0.25, -0.2) is 4.79 Å². The van der Waals surface area contributed by atoms with Gasteiger partial charge >= 0.3 is 6.03 Å². The molecule has 0 radical (unpaired) electrons. The van der Waals surface area contributed by atoms with E-state index >= 15 is 0 Å². The number of hydrogen-bond donors (Lipinski definition) is 1. The van der Waals surface area contributed by atoms with Gasteiger partial charge in [-0.15, -0.1) is 0 Å². The normalized spacial score (nSPS) is 24.1. The molecule has 1 aromatic rings. The highest BCUT2D eigenvalue weighted by Crippen LogP contribution is 2.19. The Morgan fingerprint density at radius 3 is 2.76 bits per heavy atom. The van der Waals surface area contributed by atoms with Crippen LogP contribution >= 0.6 is 0 Å². The molecule has 25 heavy (non-hydrogen) atoms. The molecule has 2 aliphatic heterocycles. The molecule has 1 N–H and O–H groups in total. The van der Waals surface area contributed by atoms with Crippen molar-refractivity contribution in [2.45, 2.75) is 38.8 Å². The van der Waals surface area contributed by atoms with Gasteiger partial charge in [0.1, 0.15) is 0 Å². The molecule has 0 spiro atoms. The van der Waals surface area contributed by atoms with Gasteiger partial charge in [0.05, 0.1) is 5.69 Å². The first-order chi connectivity index (χ1) is 12.2. The molecule has 0 unspecified atom stereocenters. The summed E-state index contributed by atoms with van der Waals surface area (Å²) in [6, 6.07) is 6.75. The van der Waals surface area contributed by atoms with E-state index in [4.69, 9.17) is 0 Å². The van der Waals surface area contributed by atoms with E-state index in [9.17, 15) is 4.79 Å². The number of nitrogens with one attached hydrogen (secondary N) is 1. The van der Waals surface area contributed by atoms with Crippen LogP contribution in [0.2, 0.25) is 0 Å². The van der Waals surface area contributed by atoms with Gasteiger partial charge in [-0.05, 0) is 45.0 Å². The fourth-order valence-corrected chi connectivity index (χ4v) is 3.85. The maximum absolute atomic E-state index is 12.6. The van der Waals surface area contributed by atoms with Gasteiger partial charge in [-0.2, -0.15) is 0 Å². The summed E-state index contributed by atoms with van der Waals surface area (Å²) < 4.78 is 0. The highest BCUT2D eigenvalue weighted by atomic mass is 16.2. The van der Waals surface area contributed by atoms with Crippen LogP contribution in [0.25, 0.3) is 0 Å². The molecule has 2 aliphatic rings. The summed E-state index contributed by atoms with van der Waals surface area (Å²) in [5, 5.41) is 3.24. The van der Waals surface area contributed by atoms with E-state index in [1.807, 2.05) is 23.2 Å². The van der Waals surface area contributed by atoms with Gasteiger partial charge in [0.2, 0.25) is 0 Å². The van der Waals surface area contributed by atoms with Crippen LogP contribution < -0.4 is 5.32 Å². The number of amides is 2. The van der Waals surface area contributed by atoms with E-state index in [-0.39, 0.29) is 6.03 Å². The number of likely N-dealkylation sites (N-methyl/N-ethyl adjacent to an activating group) is 1. The smallest absolute Gasteiger partial charge is 0.317 e. The molecule has 6 heteroatoms. The van der Waals surface area contributed by atoms with Crippen molar-refractivity contribution < 1.29 is 4.79 Å². The Hall–Kier alpha value is -1.66. The number of carbonyl (C=O) groups is 1. The second-order valence-electron chi connectivity index (χ2n) is 7.14. The monoisotopic (exact) mass is 345 g/mol. The maximum Gasteiger partial charge on any atom is 0.317 e. The Balaban J connectivity index is 1.46. The summed E-state index contributed by atoms with van der Waals surface area (Å²) in [6.45, 7) is 11.0. The number of pyridine rings is 1. The van der Waals surface area contributed by atoms with Gasteiger partial charge < -0.3 is 15.1 Å². The molecule has 138 valence electrons. The lowest BCUT2D eigenvalue weighted by molar-refractivity contribution is 0.108. The lowest BCUT2D eigenvalue weighted by Crippen LogP contribution is -2.56. The number of likely N-dealkylation sites (tertiary alicyclic amines) is 1. The third-order valence-corrected chi connectivity index (χ3v) is 5.55. The van der Waals surface area contributed by atoms with Crippen molar-refractivity contribution in [1.29, 1.82) is 0 Å². The van der Waals surface area contributed by atoms with Crippen LogP contribution in [-0.4, -0.2) is 77.6 Å². The minimum Gasteiger partial charge on any atom is -0.334 e. The number of rotatable bonds is 4. The second kappa shape index (κ2) is 8.63. The SMILES string of the molecule is CCN1CCC[C@@H](NC(=O)N2CCN([C@@H](C)c3ccccn3)CC2)C1. The molecule has 2 fully saturated rings. The molecule has 3 rings (SSSR count). The Labute approximate surface area is 151 Å². The molecule has 6 nitrogen and oxygen atoms in total. The van der Waals surface area contributed by atoms with Crippen LogP contribution in [0.4, 0.5) is 4.79 Å². The number of piperazine rings is 1. The van der Waals surface area contributed by atoms with Crippen LogP contribution in [0, 0.1) is 0 Å². The van der Waals surface area contributed by atoms with E-state index < -0.39 is 0 Å². The molecule has 0 aromatic carbocycles. The quantitative estimate of drug-likeness (QED) is 0.906. The van der Waals surface area contributed by atoms with Crippen LogP contribution in [0.1, 0.15) is 38.4 Å². The lowest BCUT2D eigenvalue weighted by atomic mass is 10.1. The van der Waals surface area contributed by atoms with E-state index in [1.165, 1.54) is 6.42 Å². The third-order valence-electron chi connectivity index (χ3n) is 5.55. The summed E-state index contributed by atoms with van der Waals surface area (Å²) in [5.74, 6) is 0. The van der Waals surface area contributed by atoms with Crippen molar-refractivity contribution in [3.63, 3.8) is 0 Å². The molecule has 3 heterocycles. The van der Waals surface area contributed by atoms with Gasteiger partial charge in [-0.3, -0.25) is 9.88 Å². The Bertz CT molecular complexity index is 544. The molecule has 2 amide bonds. The van der Waals surface area contributed by atoms with Crippen molar-refractivity contribution in [1.82, 2.24) is 25.0 Å². The molecule has 0 bridgehead atoms. The topological polar surface area (TPSA) is 51.7 Å². The largest absolute Gasteiger partial charge is 0.334 e. The fourth-order valence-electron chi connectivity index (χ4n) is 3.85. The zero-order chi connectivity index (χ0) is 17.6. The number of hydrogen-bond acceptors (Lipinski definition) is 4. The molecule has 2 atom stereocenters. The summed E-state index contributed by atoms with van der Waals surface area (Å²) in [5.41, 5.74) is 1.10. The zero-order valence-corrected chi connectivity index (χ0v) is 15.5. The van der Waals surface area contributed by atoms with Crippen LogP contribution in [0.3, 0.4) is 0 Å². The first kappa shape index (κ1) is 18.1. The molecular formula is C19H31N5O. The summed E-state index contributed by atoms with van der Waals surface area (Å²) >= 11 is 0. The van der Waals surface area contributed by atoms with Crippen LogP contribution in [-0.2, 0) is 0 Å². The first-order valence-electron chi connectivity index (χ1n) is 9.60. The van der Waals surface area contributed by atoms with Crippen LogP contribution in [0.5, 0.6) is 0 Å². The highest BCUT2D eigenvalue weighted by molar-refractivity contribution is 5.74. The molecule has 0 aliphatic carbocycles. The minimum absolute atomic E-state index is 0.105. The van der Waals surface area contributed by atoms with Gasteiger partial charge in [0.25, 0.3) is 0 Å². The van der Waals surface area contributed by atoms with E-state index in [0.29, 0.717) is 12.1 Å². The Morgan fingerprint density at radius 1 is 1.28 bits per heavy atom. The fraction of sp³-hybridized carbons (Fsp3) is 0.684. The van der Waals surface area contributed by atoms with Gasteiger partial charge in [-0.1, -0.05) is 13.0 Å². The molecule has 2 saturated heterocycles. The number of nitrogens with zero attached hydrogens (tertiary/aromatic N) is 4. The summed E-state index contributed by atoms with van der Waals surface area (Å²) in [7, 11) is 0. The highest BCUT2D eigenvalue weighted by Gasteiger charge is 2.27. The number of carbonyl (C=O) groups excluding carboxylic acids is 1. The summed E-state index contributed by atoms with van der Waals surface area (Å²) in [6.07, 6.45) is 4.12. The van der Waals surface area contributed by atoms with Gasteiger partial charge in [0.15, 0.2) is 0 Å². The first-order valence-corrected chi connectivity index (χ1v) is 9.60. The number of aromatic nitrogens is 1. The zero-order valence-electron chi connectivity index (χ0n) is 15.5. The van der Waals surface area contributed by atoms with Crippen molar-refractivity contribution in [2.24, 2.45) is 0 Å². The second-order valence-corrected chi connectivity index (χ2v) is 7.14. The number of urea groups is 1. The average Bonchev–Trinajstić information content (AvgIpc) is 2.68. The Morgan fingerprint density at radius 2 is 2.08 bits per heavy atom. The molecule has 0 saturated carbocycles. The van der Waals surface area contributed by atoms with Crippen LogP contribution in [0.15, 0.2) is 24.4 Å².